The highest BCUT2D eigenvalue weighted by atomic mass is 32.2. The van der Waals surface area contributed by atoms with Crippen molar-refractivity contribution >= 4 is 27.5 Å². The molecule has 3 aromatic rings. The molecule has 0 saturated heterocycles. The van der Waals surface area contributed by atoms with E-state index in [0.717, 1.165) is 58.5 Å². The molecule has 0 spiro atoms. The number of nitrogens with zero attached hydrogens (tertiary/aromatic N) is 2. The zero-order valence-electron chi connectivity index (χ0n) is 23.5. The van der Waals surface area contributed by atoms with E-state index in [2.05, 4.69) is 5.32 Å². The summed E-state index contributed by atoms with van der Waals surface area (Å²) in [7, 11) is -3.78. The fourth-order valence-corrected chi connectivity index (χ4v) is 6.05. The van der Waals surface area contributed by atoms with Crippen LogP contribution in [-0.2, 0) is 32.6 Å². The first kappa shape index (κ1) is 29.3. The Morgan fingerprint density at radius 1 is 0.875 bits per heavy atom. The Morgan fingerprint density at radius 3 is 2.17 bits per heavy atom. The summed E-state index contributed by atoms with van der Waals surface area (Å²) in [6, 6.07) is 23.8. The molecule has 0 unspecified atom stereocenters. The van der Waals surface area contributed by atoms with Crippen LogP contribution in [-0.4, -0.2) is 50.0 Å². The van der Waals surface area contributed by atoms with E-state index in [9.17, 15) is 18.0 Å². The van der Waals surface area contributed by atoms with Gasteiger partial charge in [-0.25, -0.2) is 8.42 Å². The van der Waals surface area contributed by atoms with Crippen LogP contribution in [0.25, 0.3) is 0 Å². The van der Waals surface area contributed by atoms with Crippen molar-refractivity contribution in [1.29, 1.82) is 0 Å². The van der Waals surface area contributed by atoms with Crippen LogP contribution < -0.4 is 9.62 Å². The monoisotopic (exact) mass is 561 g/mol. The highest BCUT2D eigenvalue weighted by Gasteiger charge is 2.34. The molecule has 2 amide bonds. The van der Waals surface area contributed by atoms with Crippen LogP contribution in [0.4, 0.5) is 5.69 Å². The smallest absolute Gasteiger partial charge is 0.244 e. The largest absolute Gasteiger partial charge is 0.352 e. The van der Waals surface area contributed by atoms with Crippen LogP contribution in [0.2, 0.25) is 0 Å². The fourth-order valence-electron chi connectivity index (χ4n) is 5.21. The van der Waals surface area contributed by atoms with E-state index < -0.39 is 28.5 Å². The molecule has 1 saturated carbocycles. The van der Waals surface area contributed by atoms with E-state index in [0.29, 0.717) is 12.1 Å². The van der Waals surface area contributed by atoms with Gasteiger partial charge < -0.3 is 10.2 Å². The lowest BCUT2D eigenvalue weighted by molar-refractivity contribution is -0.140. The molecular weight excluding hydrogens is 522 g/mol. The van der Waals surface area contributed by atoms with Gasteiger partial charge in [-0.2, -0.15) is 0 Å². The topological polar surface area (TPSA) is 86.8 Å². The minimum atomic E-state index is -3.78. The van der Waals surface area contributed by atoms with Crippen molar-refractivity contribution < 1.29 is 18.0 Å². The molecule has 0 radical (unpaired) electrons. The average molecular weight is 562 g/mol. The number of carbonyl (C=O) groups excluding carboxylic acids is 2. The maximum absolute atomic E-state index is 14.1. The third kappa shape index (κ3) is 7.94. The van der Waals surface area contributed by atoms with Gasteiger partial charge in [-0.3, -0.25) is 13.9 Å². The summed E-state index contributed by atoms with van der Waals surface area (Å²) in [4.78, 5) is 29.5. The Labute approximate surface area is 238 Å². The summed E-state index contributed by atoms with van der Waals surface area (Å²) in [6.07, 6.45) is 5.40. The number of hydrogen-bond donors (Lipinski definition) is 1. The second-order valence-corrected chi connectivity index (χ2v) is 12.7. The van der Waals surface area contributed by atoms with Gasteiger partial charge in [0.1, 0.15) is 12.6 Å². The average Bonchev–Trinajstić information content (AvgIpc) is 3.43. The van der Waals surface area contributed by atoms with Gasteiger partial charge >= 0.3 is 0 Å². The predicted octanol–water partition coefficient (Wildman–Crippen LogP) is 4.77. The highest BCUT2D eigenvalue weighted by Crippen LogP contribution is 2.23. The van der Waals surface area contributed by atoms with Crippen molar-refractivity contribution in [3.8, 4) is 0 Å². The standard InChI is InChI=1S/C32H39N3O4S/c1-24-16-18-27(19-17-24)22-34(31(36)23-35(40(3,38)39)29-15-9-10-25(2)20-29)30(21-26-11-5-4-6-12-26)32(37)33-28-13-7-8-14-28/h4-6,9-12,15-20,28,30H,7-8,13-14,21-23H2,1-3H3,(H,33,37)/t30-/m1/s1. The number of amides is 2. The van der Waals surface area contributed by atoms with Crippen LogP contribution in [0.5, 0.6) is 0 Å². The molecule has 8 heteroatoms. The van der Waals surface area contributed by atoms with Crippen molar-refractivity contribution in [2.75, 3.05) is 17.1 Å². The number of sulfonamides is 1. The van der Waals surface area contributed by atoms with E-state index in [-0.39, 0.29) is 18.5 Å². The Bertz CT molecular complexity index is 1400. The van der Waals surface area contributed by atoms with Crippen molar-refractivity contribution in [3.63, 3.8) is 0 Å². The number of anilines is 1. The lowest BCUT2D eigenvalue weighted by Crippen LogP contribution is -2.54. The van der Waals surface area contributed by atoms with Crippen molar-refractivity contribution in [2.45, 2.75) is 64.6 Å². The molecule has 7 nitrogen and oxygen atoms in total. The van der Waals surface area contributed by atoms with Crippen molar-refractivity contribution in [2.24, 2.45) is 0 Å². The maximum Gasteiger partial charge on any atom is 0.244 e. The van der Waals surface area contributed by atoms with Crippen LogP contribution >= 0.6 is 0 Å². The quantitative estimate of drug-likeness (QED) is 0.366. The molecule has 3 aromatic carbocycles. The van der Waals surface area contributed by atoms with Gasteiger partial charge in [-0.15, -0.1) is 0 Å². The molecular formula is C32H39N3O4S. The van der Waals surface area contributed by atoms with Gasteiger partial charge in [-0.05, 0) is 55.5 Å². The summed E-state index contributed by atoms with van der Waals surface area (Å²) in [5.41, 5.74) is 4.18. The third-order valence-corrected chi connectivity index (χ3v) is 8.56. The molecule has 0 aliphatic heterocycles. The lowest BCUT2D eigenvalue weighted by atomic mass is 10.0. The molecule has 0 bridgehead atoms. The molecule has 212 valence electrons. The number of carbonyl (C=O) groups is 2. The maximum atomic E-state index is 14.1. The predicted molar refractivity (Wildman–Crippen MR) is 159 cm³/mol. The summed E-state index contributed by atoms with van der Waals surface area (Å²) in [5.74, 6) is -0.646. The highest BCUT2D eigenvalue weighted by molar-refractivity contribution is 7.92. The van der Waals surface area contributed by atoms with Crippen LogP contribution in [0.15, 0.2) is 78.9 Å². The molecule has 0 heterocycles. The first-order valence-electron chi connectivity index (χ1n) is 13.8. The number of hydrogen-bond acceptors (Lipinski definition) is 4. The number of nitrogens with one attached hydrogen (secondary N) is 1. The van der Waals surface area contributed by atoms with Gasteiger partial charge in [0.25, 0.3) is 0 Å². The molecule has 4 rings (SSSR count). The first-order valence-corrected chi connectivity index (χ1v) is 15.7. The van der Waals surface area contributed by atoms with Crippen LogP contribution in [0.3, 0.4) is 0 Å². The Balaban J connectivity index is 1.72. The molecule has 1 atom stereocenters. The molecule has 1 fully saturated rings. The molecule has 1 N–H and O–H groups in total. The van der Waals surface area contributed by atoms with E-state index in [4.69, 9.17) is 0 Å². The van der Waals surface area contributed by atoms with Gasteiger partial charge in [-0.1, -0.05) is 85.1 Å². The van der Waals surface area contributed by atoms with Crippen molar-refractivity contribution in [1.82, 2.24) is 10.2 Å². The summed E-state index contributed by atoms with van der Waals surface area (Å²) in [6.45, 7) is 3.64. The number of rotatable bonds is 11. The van der Waals surface area contributed by atoms with Crippen molar-refractivity contribution in [3.05, 3.63) is 101 Å². The Hall–Kier alpha value is -3.65. The fraction of sp³-hybridized carbons (Fsp3) is 0.375. The summed E-state index contributed by atoms with van der Waals surface area (Å²) < 4.78 is 26.9. The molecule has 40 heavy (non-hydrogen) atoms. The van der Waals surface area contributed by atoms with E-state index in [1.807, 2.05) is 74.5 Å². The molecule has 1 aliphatic rings. The van der Waals surface area contributed by atoms with Gasteiger partial charge in [0.15, 0.2) is 0 Å². The summed E-state index contributed by atoms with van der Waals surface area (Å²) >= 11 is 0. The third-order valence-electron chi connectivity index (χ3n) is 7.42. The Morgan fingerprint density at radius 2 is 1.55 bits per heavy atom. The van der Waals surface area contributed by atoms with Crippen LogP contribution in [0, 0.1) is 13.8 Å². The zero-order chi connectivity index (χ0) is 28.7. The molecule has 1 aliphatic carbocycles. The lowest BCUT2D eigenvalue weighted by Gasteiger charge is -2.34. The van der Waals surface area contributed by atoms with Gasteiger partial charge in [0.05, 0.1) is 11.9 Å². The minimum absolute atomic E-state index is 0.0851. The second kappa shape index (κ2) is 13.1. The summed E-state index contributed by atoms with van der Waals surface area (Å²) in [5, 5.41) is 3.19. The first-order chi connectivity index (χ1) is 19.1. The normalized spacial score (nSPS) is 14.5. The van der Waals surface area contributed by atoms with Gasteiger partial charge in [0, 0.05) is 19.0 Å². The number of aryl methyl sites for hydroxylation is 2. The minimum Gasteiger partial charge on any atom is -0.352 e. The second-order valence-electron chi connectivity index (χ2n) is 10.8. The van der Waals surface area contributed by atoms with E-state index in [1.165, 1.54) is 0 Å². The molecule has 0 aromatic heterocycles. The number of benzene rings is 3. The Kier molecular flexibility index (Phi) is 9.63. The SMILES string of the molecule is Cc1ccc(CN(C(=O)CN(c2cccc(C)c2)S(C)(=O)=O)[C@H](Cc2ccccc2)C(=O)NC2CCCC2)cc1. The zero-order valence-corrected chi connectivity index (χ0v) is 24.4. The van der Waals surface area contributed by atoms with Crippen LogP contribution in [0.1, 0.15) is 47.9 Å². The van der Waals surface area contributed by atoms with E-state index in [1.54, 1.807) is 23.1 Å². The van der Waals surface area contributed by atoms with E-state index >= 15 is 0 Å². The van der Waals surface area contributed by atoms with Gasteiger partial charge in [0.2, 0.25) is 21.8 Å².